The number of rotatable bonds is 4. The molecule has 6 heteroatoms. The number of nitrogen functional groups attached to an aromatic ring is 1. The SMILES string of the molecule is CNc1c(N)n(CCc2ccccc2)c(=O)[nH]c1=O. The molecule has 0 atom stereocenters. The van der Waals surface area contributed by atoms with E-state index in [0.717, 1.165) is 5.56 Å². The Morgan fingerprint density at radius 1 is 1.26 bits per heavy atom. The maximum Gasteiger partial charge on any atom is 0.330 e. The summed E-state index contributed by atoms with van der Waals surface area (Å²) < 4.78 is 1.36. The summed E-state index contributed by atoms with van der Waals surface area (Å²) in [6.45, 7) is 0.417. The van der Waals surface area contributed by atoms with Gasteiger partial charge in [0.1, 0.15) is 11.5 Å². The van der Waals surface area contributed by atoms with E-state index < -0.39 is 11.2 Å². The Labute approximate surface area is 109 Å². The van der Waals surface area contributed by atoms with Crippen molar-refractivity contribution in [3.05, 3.63) is 56.7 Å². The minimum Gasteiger partial charge on any atom is -0.383 e. The molecule has 1 heterocycles. The van der Waals surface area contributed by atoms with Gasteiger partial charge in [0.25, 0.3) is 5.56 Å². The number of anilines is 2. The molecule has 19 heavy (non-hydrogen) atoms. The number of aromatic nitrogens is 2. The molecule has 0 aliphatic carbocycles. The van der Waals surface area contributed by atoms with E-state index in [9.17, 15) is 9.59 Å². The van der Waals surface area contributed by atoms with Crippen molar-refractivity contribution in [2.45, 2.75) is 13.0 Å². The largest absolute Gasteiger partial charge is 0.383 e. The van der Waals surface area contributed by atoms with Crippen LogP contribution in [0, 0.1) is 0 Å². The third-order valence-corrected chi connectivity index (χ3v) is 2.96. The number of benzene rings is 1. The van der Waals surface area contributed by atoms with E-state index in [1.807, 2.05) is 30.3 Å². The number of hydrogen-bond donors (Lipinski definition) is 3. The zero-order chi connectivity index (χ0) is 13.8. The monoisotopic (exact) mass is 260 g/mol. The normalized spacial score (nSPS) is 10.4. The molecule has 0 saturated heterocycles. The average molecular weight is 260 g/mol. The van der Waals surface area contributed by atoms with Gasteiger partial charge >= 0.3 is 5.69 Å². The van der Waals surface area contributed by atoms with Gasteiger partial charge in [-0.3, -0.25) is 14.3 Å². The summed E-state index contributed by atoms with van der Waals surface area (Å²) in [6.07, 6.45) is 0.667. The number of H-pyrrole nitrogens is 1. The summed E-state index contributed by atoms with van der Waals surface area (Å²) in [4.78, 5) is 25.5. The van der Waals surface area contributed by atoms with E-state index in [1.54, 1.807) is 7.05 Å². The van der Waals surface area contributed by atoms with Crippen molar-refractivity contribution >= 4 is 11.5 Å². The fourth-order valence-electron chi connectivity index (χ4n) is 1.94. The van der Waals surface area contributed by atoms with E-state index in [0.29, 0.717) is 13.0 Å². The number of aryl methyl sites for hydroxylation is 1. The van der Waals surface area contributed by atoms with Crippen molar-refractivity contribution in [1.29, 1.82) is 0 Å². The van der Waals surface area contributed by atoms with Gasteiger partial charge in [-0.05, 0) is 12.0 Å². The van der Waals surface area contributed by atoms with Gasteiger partial charge in [0.05, 0.1) is 0 Å². The molecular weight excluding hydrogens is 244 g/mol. The van der Waals surface area contributed by atoms with Crippen molar-refractivity contribution in [2.24, 2.45) is 0 Å². The van der Waals surface area contributed by atoms with E-state index in [1.165, 1.54) is 4.57 Å². The first-order valence-corrected chi connectivity index (χ1v) is 5.97. The van der Waals surface area contributed by atoms with E-state index in [4.69, 9.17) is 5.73 Å². The van der Waals surface area contributed by atoms with Gasteiger partial charge in [0, 0.05) is 13.6 Å². The minimum atomic E-state index is -0.499. The van der Waals surface area contributed by atoms with Crippen LogP contribution < -0.4 is 22.3 Å². The number of nitrogens with zero attached hydrogens (tertiary/aromatic N) is 1. The van der Waals surface area contributed by atoms with Crippen molar-refractivity contribution in [2.75, 3.05) is 18.1 Å². The standard InChI is InChI=1S/C13H16N4O2/c1-15-10-11(14)17(13(19)16-12(10)18)8-7-9-5-3-2-4-6-9/h2-6,15H,7-8,14H2,1H3,(H,16,18,19). The molecule has 0 fully saturated rings. The highest BCUT2D eigenvalue weighted by atomic mass is 16.2. The third-order valence-electron chi connectivity index (χ3n) is 2.96. The fourth-order valence-corrected chi connectivity index (χ4v) is 1.94. The molecule has 1 aromatic heterocycles. The molecule has 0 spiro atoms. The molecule has 0 amide bonds. The predicted molar refractivity (Wildman–Crippen MR) is 75.4 cm³/mol. The molecule has 0 radical (unpaired) electrons. The zero-order valence-electron chi connectivity index (χ0n) is 10.6. The molecule has 2 rings (SSSR count). The van der Waals surface area contributed by atoms with Crippen LogP contribution in [0.4, 0.5) is 11.5 Å². The lowest BCUT2D eigenvalue weighted by Gasteiger charge is -2.12. The van der Waals surface area contributed by atoms with E-state index in [2.05, 4.69) is 10.3 Å². The molecule has 1 aromatic carbocycles. The number of hydrogen-bond acceptors (Lipinski definition) is 4. The van der Waals surface area contributed by atoms with E-state index >= 15 is 0 Å². The van der Waals surface area contributed by atoms with Gasteiger partial charge in [-0.25, -0.2) is 4.79 Å². The van der Waals surface area contributed by atoms with Crippen molar-refractivity contribution in [1.82, 2.24) is 9.55 Å². The quantitative estimate of drug-likeness (QED) is 0.742. The Kier molecular flexibility index (Phi) is 3.70. The fraction of sp³-hybridized carbons (Fsp3) is 0.231. The lowest BCUT2D eigenvalue weighted by atomic mass is 10.1. The Balaban J connectivity index is 2.31. The second-order valence-corrected chi connectivity index (χ2v) is 4.16. The topological polar surface area (TPSA) is 92.9 Å². The lowest BCUT2D eigenvalue weighted by Crippen LogP contribution is -2.34. The summed E-state index contributed by atoms with van der Waals surface area (Å²) in [6, 6.07) is 9.77. The van der Waals surface area contributed by atoms with Crippen LogP contribution in [-0.4, -0.2) is 16.6 Å². The first-order valence-electron chi connectivity index (χ1n) is 5.97. The van der Waals surface area contributed by atoms with Crippen LogP contribution >= 0.6 is 0 Å². The summed E-state index contributed by atoms with van der Waals surface area (Å²) in [5, 5.41) is 2.70. The molecule has 6 nitrogen and oxygen atoms in total. The van der Waals surface area contributed by atoms with Gasteiger partial charge in [0.2, 0.25) is 0 Å². The first kappa shape index (κ1) is 12.9. The molecule has 0 aliphatic heterocycles. The third kappa shape index (κ3) is 2.67. The maximum absolute atomic E-state index is 11.7. The molecule has 2 aromatic rings. The van der Waals surface area contributed by atoms with Gasteiger partial charge in [-0.1, -0.05) is 30.3 Å². The van der Waals surface area contributed by atoms with Gasteiger partial charge in [0.15, 0.2) is 0 Å². The summed E-state index contributed by atoms with van der Waals surface area (Å²) in [5.41, 5.74) is 6.17. The Hall–Kier alpha value is -2.50. The van der Waals surface area contributed by atoms with Crippen molar-refractivity contribution in [3.63, 3.8) is 0 Å². The predicted octanol–water partition coefficient (Wildman–Crippen LogP) is 0.403. The van der Waals surface area contributed by atoms with Crippen LogP contribution in [-0.2, 0) is 13.0 Å². The highest BCUT2D eigenvalue weighted by Crippen LogP contribution is 2.10. The lowest BCUT2D eigenvalue weighted by molar-refractivity contribution is 0.656. The summed E-state index contributed by atoms with van der Waals surface area (Å²) >= 11 is 0. The van der Waals surface area contributed by atoms with Crippen molar-refractivity contribution in [3.8, 4) is 0 Å². The summed E-state index contributed by atoms with van der Waals surface area (Å²) in [7, 11) is 1.59. The number of nitrogens with two attached hydrogens (primary N) is 1. The first-order chi connectivity index (χ1) is 9.13. The van der Waals surface area contributed by atoms with Crippen LogP contribution in [0.1, 0.15) is 5.56 Å². The number of aromatic amines is 1. The highest BCUT2D eigenvalue weighted by molar-refractivity contribution is 5.59. The second-order valence-electron chi connectivity index (χ2n) is 4.16. The van der Waals surface area contributed by atoms with Gasteiger partial charge in [-0.2, -0.15) is 0 Å². The molecule has 4 N–H and O–H groups in total. The highest BCUT2D eigenvalue weighted by Gasteiger charge is 2.10. The van der Waals surface area contributed by atoms with Crippen LogP contribution in [0.5, 0.6) is 0 Å². The molecule has 0 bridgehead atoms. The van der Waals surface area contributed by atoms with Crippen LogP contribution in [0.25, 0.3) is 0 Å². The van der Waals surface area contributed by atoms with Crippen LogP contribution in [0.15, 0.2) is 39.9 Å². The van der Waals surface area contributed by atoms with E-state index in [-0.39, 0.29) is 11.5 Å². The van der Waals surface area contributed by atoms with Crippen LogP contribution in [0.2, 0.25) is 0 Å². The van der Waals surface area contributed by atoms with Gasteiger partial charge < -0.3 is 11.1 Å². The number of nitrogens with one attached hydrogen (secondary N) is 2. The smallest absolute Gasteiger partial charge is 0.330 e. The maximum atomic E-state index is 11.7. The molecular formula is C13H16N4O2. The second kappa shape index (κ2) is 5.43. The molecule has 0 saturated carbocycles. The average Bonchev–Trinajstić information content (AvgIpc) is 2.39. The molecule has 0 unspecified atom stereocenters. The zero-order valence-corrected chi connectivity index (χ0v) is 10.6. The molecule has 0 aliphatic rings. The molecule has 100 valence electrons. The Morgan fingerprint density at radius 2 is 1.95 bits per heavy atom. The van der Waals surface area contributed by atoms with Crippen molar-refractivity contribution < 1.29 is 0 Å². The minimum absolute atomic E-state index is 0.159. The summed E-state index contributed by atoms with van der Waals surface area (Å²) in [5.74, 6) is 0.159. The van der Waals surface area contributed by atoms with Gasteiger partial charge in [-0.15, -0.1) is 0 Å². The Bertz CT molecular complexity index is 673. The Morgan fingerprint density at radius 3 is 2.58 bits per heavy atom. The van der Waals surface area contributed by atoms with Crippen LogP contribution in [0.3, 0.4) is 0 Å².